The van der Waals surface area contributed by atoms with Gasteiger partial charge in [0.15, 0.2) is 5.16 Å². The third-order valence-electron chi connectivity index (χ3n) is 2.69. The van der Waals surface area contributed by atoms with E-state index < -0.39 is 0 Å². The van der Waals surface area contributed by atoms with E-state index in [0.717, 1.165) is 29.7 Å². The minimum atomic E-state index is 0.787. The maximum absolute atomic E-state index is 5.13. The monoisotopic (exact) mass is 275 g/mol. The number of thioether (sulfide) groups is 1. The van der Waals surface area contributed by atoms with Gasteiger partial charge in [0.1, 0.15) is 11.6 Å². The van der Waals surface area contributed by atoms with Crippen LogP contribution in [0, 0.1) is 0 Å². The van der Waals surface area contributed by atoms with Gasteiger partial charge in [-0.15, -0.1) is 0 Å². The van der Waals surface area contributed by atoms with Gasteiger partial charge in [-0.25, -0.2) is 9.97 Å². The van der Waals surface area contributed by atoms with Crippen molar-refractivity contribution in [3.05, 3.63) is 42.1 Å². The Balaban J connectivity index is 1.85. The Hall–Kier alpha value is -1.75. The van der Waals surface area contributed by atoms with E-state index in [4.69, 9.17) is 4.74 Å². The Morgan fingerprint density at radius 2 is 2.00 bits per heavy atom. The number of ether oxygens (including phenoxy) is 1. The normalized spacial score (nSPS) is 10.2. The Morgan fingerprint density at radius 1 is 1.21 bits per heavy atom. The van der Waals surface area contributed by atoms with E-state index in [1.165, 1.54) is 5.56 Å². The lowest BCUT2D eigenvalue weighted by atomic mass is 10.1. The summed E-state index contributed by atoms with van der Waals surface area (Å²) in [5.74, 6) is 1.75. The average molecular weight is 275 g/mol. The van der Waals surface area contributed by atoms with E-state index >= 15 is 0 Å². The summed E-state index contributed by atoms with van der Waals surface area (Å²) < 4.78 is 5.13. The van der Waals surface area contributed by atoms with Crippen LogP contribution in [-0.4, -0.2) is 29.9 Å². The lowest BCUT2D eigenvalue weighted by Crippen LogP contribution is -2.06. The highest BCUT2D eigenvalue weighted by atomic mass is 32.2. The van der Waals surface area contributed by atoms with E-state index in [-0.39, 0.29) is 0 Å². The molecule has 0 radical (unpaired) electrons. The number of benzene rings is 1. The van der Waals surface area contributed by atoms with Crippen LogP contribution in [0.1, 0.15) is 5.56 Å². The molecule has 0 atom stereocenters. The number of hydrogen-bond acceptors (Lipinski definition) is 5. The molecule has 2 aromatic rings. The molecular formula is C14H17N3OS. The van der Waals surface area contributed by atoms with Crippen molar-refractivity contribution in [1.29, 1.82) is 0 Å². The predicted octanol–water partition coefficient (Wildman–Crippen LogP) is 2.86. The van der Waals surface area contributed by atoms with E-state index in [1.807, 2.05) is 24.5 Å². The van der Waals surface area contributed by atoms with Gasteiger partial charge >= 0.3 is 0 Å². The fourth-order valence-corrected chi connectivity index (χ4v) is 2.02. The van der Waals surface area contributed by atoms with Gasteiger partial charge in [0, 0.05) is 12.7 Å². The Bertz CT molecular complexity index is 516. The van der Waals surface area contributed by atoms with E-state index in [0.29, 0.717) is 0 Å². The van der Waals surface area contributed by atoms with Gasteiger partial charge in [0.25, 0.3) is 0 Å². The van der Waals surface area contributed by atoms with Crippen LogP contribution in [0.2, 0.25) is 0 Å². The summed E-state index contributed by atoms with van der Waals surface area (Å²) in [6.45, 7) is 0.844. The number of aromatic nitrogens is 2. The van der Waals surface area contributed by atoms with Gasteiger partial charge in [-0.3, -0.25) is 0 Å². The smallest absolute Gasteiger partial charge is 0.189 e. The lowest BCUT2D eigenvalue weighted by molar-refractivity contribution is 0.414. The van der Waals surface area contributed by atoms with Crippen LogP contribution in [0.25, 0.3) is 0 Å². The molecule has 1 N–H and O–H groups in total. The first kappa shape index (κ1) is 13.7. The molecule has 0 amide bonds. The van der Waals surface area contributed by atoms with Gasteiger partial charge in [0.05, 0.1) is 7.11 Å². The SMILES string of the molecule is COc1ccc(CCNc2ccnc(SC)n2)cc1. The number of rotatable bonds is 6. The highest BCUT2D eigenvalue weighted by molar-refractivity contribution is 7.98. The van der Waals surface area contributed by atoms with E-state index in [9.17, 15) is 0 Å². The molecule has 0 fully saturated rings. The van der Waals surface area contributed by atoms with Crippen LogP contribution in [0.4, 0.5) is 5.82 Å². The van der Waals surface area contributed by atoms with Crippen molar-refractivity contribution in [2.45, 2.75) is 11.6 Å². The minimum Gasteiger partial charge on any atom is -0.497 e. The molecule has 100 valence electrons. The topological polar surface area (TPSA) is 47.0 Å². The minimum absolute atomic E-state index is 0.787. The summed E-state index contributed by atoms with van der Waals surface area (Å²) in [7, 11) is 1.68. The molecule has 1 aromatic heterocycles. The number of hydrogen-bond donors (Lipinski definition) is 1. The number of methoxy groups -OCH3 is 1. The summed E-state index contributed by atoms with van der Waals surface area (Å²) >= 11 is 1.54. The number of nitrogens with zero attached hydrogens (tertiary/aromatic N) is 2. The predicted molar refractivity (Wildman–Crippen MR) is 79.0 cm³/mol. The maximum atomic E-state index is 5.13. The van der Waals surface area contributed by atoms with Gasteiger partial charge in [0.2, 0.25) is 0 Å². The van der Waals surface area contributed by atoms with Gasteiger partial charge in [-0.05, 0) is 36.4 Å². The van der Waals surface area contributed by atoms with Crippen LogP contribution in [-0.2, 0) is 6.42 Å². The molecule has 1 heterocycles. The fourth-order valence-electron chi connectivity index (χ4n) is 1.66. The van der Waals surface area contributed by atoms with Gasteiger partial charge in [-0.2, -0.15) is 0 Å². The van der Waals surface area contributed by atoms with Crippen LogP contribution < -0.4 is 10.1 Å². The first-order chi connectivity index (χ1) is 9.31. The summed E-state index contributed by atoms with van der Waals surface area (Å²) in [5.41, 5.74) is 1.27. The Labute approximate surface area is 117 Å². The van der Waals surface area contributed by atoms with Gasteiger partial charge in [-0.1, -0.05) is 23.9 Å². The molecule has 0 saturated heterocycles. The van der Waals surface area contributed by atoms with Crippen molar-refractivity contribution < 1.29 is 4.74 Å². The molecule has 5 heteroatoms. The van der Waals surface area contributed by atoms with Crippen LogP contribution >= 0.6 is 11.8 Å². The second-order valence-corrected chi connectivity index (χ2v) is 4.73. The molecule has 0 unspecified atom stereocenters. The van der Waals surface area contributed by atoms with Crippen molar-refractivity contribution in [1.82, 2.24) is 9.97 Å². The van der Waals surface area contributed by atoms with Gasteiger partial charge < -0.3 is 10.1 Å². The molecule has 0 saturated carbocycles. The Morgan fingerprint density at radius 3 is 2.68 bits per heavy atom. The van der Waals surface area contributed by atoms with Crippen LogP contribution in [0.3, 0.4) is 0 Å². The zero-order chi connectivity index (χ0) is 13.5. The fraction of sp³-hybridized carbons (Fsp3) is 0.286. The third-order valence-corrected chi connectivity index (χ3v) is 3.26. The second-order valence-electron chi connectivity index (χ2n) is 3.95. The largest absolute Gasteiger partial charge is 0.497 e. The number of nitrogens with one attached hydrogen (secondary N) is 1. The molecule has 0 spiro atoms. The van der Waals surface area contributed by atoms with E-state index in [1.54, 1.807) is 25.1 Å². The molecule has 4 nitrogen and oxygen atoms in total. The van der Waals surface area contributed by atoms with Crippen molar-refractivity contribution in [2.24, 2.45) is 0 Å². The molecule has 0 aliphatic heterocycles. The zero-order valence-corrected chi connectivity index (χ0v) is 11.9. The van der Waals surface area contributed by atoms with Crippen molar-refractivity contribution in [2.75, 3.05) is 25.2 Å². The first-order valence-corrected chi connectivity index (χ1v) is 7.28. The highest BCUT2D eigenvalue weighted by Crippen LogP contribution is 2.13. The first-order valence-electron chi connectivity index (χ1n) is 6.05. The van der Waals surface area contributed by atoms with Crippen molar-refractivity contribution >= 4 is 17.6 Å². The quantitative estimate of drug-likeness (QED) is 0.649. The maximum Gasteiger partial charge on any atom is 0.189 e. The highest BCUT2D eigenvalue weighted by Gasteiger charge is 1.98. The molecule has 19 heavy (non-hydrogen) atoms. The zero-order valence-electron chi connectivity index (χ0n) is 11.1. The molecule has 0 bridgehead atoms. The van der Waals surface area contributed by atoms with Crippen LogP contribution in [0.15, 0.2) is 41.7 Å². The third kappa shape index (κ3) is 4.13. The lowest BCUT2D eigenvalue weighted by Gasteiger charge is -2.07. The van der Waals surface area contributed by atoms with Crippen LogP contribution in [0.5, 0.6) is 5.75 Å². The Kier molecular flexibility index (Phi) is 5.03. The summed E-state index contributed by atoms with van der Waals surface area (Å²) in [4.78, 5) is 8.51. The molecular weight excluding hydrogens is 258 g/mol. The number of anilines is 1. The molecule has 0 aliphatic rings. The van der Waals surface area contributed by atoms with E-state index in [2.05, 4.69) is 27.4 Å². The van der Waals surface area contributed by atoms with Crippen molar-refractivity contribution in [3.63, 3.8) is 0 Å². The van der Waals surface area contributed by atoms with Crippen molar-refractivity contribution in [3.8, 4) is 5.75 Å². The summed E-state index contributed by atoms with van der Waals surface area (Å²) in [6, 6.07) is 9.99. The molecule has 2 rings (SSSR count). The average Bonchev–Trinajstić information content (AvgIpc) is 2.48. The second kappa shape index (κ2) is 6.99. The summed E-state index contributed by atoms with van der Waals surface area (Å²) in [6.07, 6.45) is 4.69. The standard InChI is InChI=1S/C14H17N3OS/c1-18-12-5-3-11(4-6-12)7-9-15-13-8-10-16-14(17-13)19-2/h3-6,8,10H,7,9H2,1-2H3,(H,15,16,17). The molecule has 1 aromatic carbocycles. The summed E-state index contributed by atoms with van der Waals surface area (Å²) in [5, 5.41) is 4.09. The molecule has 0 aliphatic carbocycles.